The quantitative estimate of drug-likeness (QED) is 0.909. The van der Waals surface area contributed by atoms with Crippen molar-refractivity contribution in [1.82, 2.24) is 19.9 Å². The van der Waals surface area contributed by atoms with E-state index in [0.29, 0.717) is 0 Å². The number of carbonyl (C=O) groups is 1. The van der Waals surface area contributed by atoms with Gasteiger partial charge in [0.15, 0.2) is 5.69 Å². The highest BCUT2D eigenvalue weighted by atomic mass is 16.4. The van der Waals surface area contributed by atoms with Crippen LogP contribution in [0, 0.1) is 6.92 Å². The van der Waals surface area contributed by atoms with Gasteiger partial charge in [0.25, 0.3) is 0 Å². The lowest BCUT2D eigenvalue weighted by Gasteiger charge is -2.38. The normalized spacial score (nSPS) is 16.1. The van der Waals surface area contributed by atoms with E-state index in [1.165, 1.54) is 17.3 Å². The summed E-state index contributed by atoms with van der Waals surface area (Å²) >= 11 is 0. The second-order valence-corrected chi connectivity index (χ2v) is 5.22. The molecule has 0 radical (unpaired) electrons. The molecule has 0 aliphatic carbocycles. The maximum Gasteiger partial charge on any atom is 0.358 e. The minimum absolute atomic E-state index is 0.00184. The summed E-state index contributed by atoms with van der Waals surface area (Å²) in [6, 6.07) is 8.73. The van der Waals surface area contributed by atoms with E-state index in [9.17, 15) is 4.79 Å². The molecule has 1 aromatic heterocycles. The van der Waals surface area contributed by atoms with Crippen molar-refractivity contribution < 1.29 is 9.90 Å². The van der Waals surface area contributed by atoms with E-state index < -0.39 is 5.97 Å². The fraction of sp³-hybridized carbons (Fsp3) is 0.357. The van der Waals surface area contributed by atoms with Crippen LogP contribution in [0.25, 0.3) is 0 Å². The first-order chi connectivity index (χ1) is 9.61. The minimum Gasteiger partial charge on any atom is -0.476 e. The zero-order valence-corrected chi connectivity index (χ0v) is 11.2. The molecule has 0 saturated carbocycles. The van der Waals surface area contributed by atoms with E-state index in [0.717, 1.165) is 19.6 Å². The van der Waals surface area contributed by atoms with Crippen molar-refractivity contribution in [3.63, 3.8) is 0 Å². The molecule has 6 nitrogen and oxygen atoms in total. The number of likely N-dealkylation sites (tertiary alicyclic amines) is 1. The topological polar surface area (TPSA) is 71.2 Å². The average Bonchev–Trinajstić information content (AvgIpc) is 2.85. The minimum atomic E-state index is -1.04. The highest BCUT2D eigenvalue weighted by Crippen LogP contribution is 2.22. The van der Waals surface area contributed by atoms with Gasteiger partial charge in [-0.3, -0.25) is 4.90 Å². The van der Waals surface area contributed by atoms with Crippen molar-refractivity contribution >= 4 is 5.97 Å². The van der Waals surface area contributed by atoms with Crippen LogP contribution < -0.4 is 0 Å². The van der Waals surface area contributed by atoms with E-state index in [1.54, 1.807) is 4.68 Å². The number of hydrogen-bond acceptors (Lipinski definition) is 4. The van der Waals surface area contributed by atoms with Crippen molar-refractivity contribution in [2.45, 2.75) is 19.5 Å². The summed E-state index contributed by atoms with van der Waals surface area (Å²) < 4.78 is 1.65. The molecule has 1 aliphatic rings. The predicted molar refractivity (Wildman–Crippen MR) is 72.5 cm³/mol. The summed E-state index contributed by atoms with van der Waals surface area (Å²) in [5, 5.41) is 16.3. The number of aryl methyl sites for hydroxylation is 1. The van der Waals surface area contributed by atoms with E-state index in [-0.39, 0.29) is 11.7 Å². The Bertz CT molecular complexity index is 614. The van der Waals surface area contributed by atoms with Crippen molar-refractivity contribution in [1.29, 1.82) is 0 Å². The number of nitrogens with zero attached hydrogens (tertiary/aromatic N) is 4. The highest BCUT2D eigenvalue weighted by Gasteiger charge is 2.29. The van der Waals surface area contributed by atoms with Crippen LogP contribution in [0.15, 0.2) is 30.5 Å². The number of rotatable bonds is 4. The third-order valence-electron chi connectivity index (χ3n) is 3.57. The Kier molecular flexibility index (Phi) is 3.23. The number of aromatic carboxylic acids is 1. The molecule has 20 heavy (non-hydrogen) atoms. The van der Waals surface area contributed by atoms with Crippen molar-refractivity contribution in [3.8, 4) is 0 Å². The molecule has 1 saturated heterocycles. The van der Waals surface area contributed by atoms with Gasteiger partial charge in [0, 0.05) is 19.6 Å². The SMILES string of the molecule is Cc1ccc(CN2CC(n3cc(C(=O)O)nn3)C2)cc1. The average molecular weight is 272 g/mol. The predicted octanol–water partition coefficient (Wildman–Crippen LogP) is 1.34. The number of benzene rings is 1. The third-order valence-corrected chi connectivity index (χ3v) is 3.57. The Morgan fingerprint density at radius 2 is 2.05 bits per heavy atom. The second-order valence-electron chi connectivity index (χ2n) is 5.22. The third kappa shape index (κ3) is 2.55. The molecule has 104 valence electrons. The summed E-state index contributed by atoms with van der Waals surface area (Å²) in [6.07, 6.45) is 1.50. The monoisotopic (exact) mass is 272 g/mol. The van der Waals surface area contributed by atoms with Gasteiger partial charge >= 0.3 is 5.97 Å². The standard InChI is InChI=1S/C14H16N4O2/c1-10-2-4-11(5-3-10)6-17-7-12(8-17)18-9-13(14(19)20)15-16-18/h2-5,9,12H,6-8H2,1H3,(H,19,20). The summed E-state index contributed by atoms with van der Waals surface area (Å²) in [7, 11) is 0. The van der Waals surface area contributed by atoms with Gasteiger partial charge in [-0.05, 0) is 12.5 Å². The molecule has 0 amide bonds. The molecular formula is C14H16N4O2. The van der Waals surface area contributed by atoms with E-state index >= 15 is 0 Å². The second kappa shape index (κ2) is 5.05. The molecular weight excluding hydrogens is 256 g/mol. The molecule has 0 spiro atoms. The number of hydrogen-bond donors (Lipinski definition) is 1. The van der Waals surface area contributed by atoms with Crippen LogP contribution in [0.1, 0.15) is 27.7 Å². The lowest BCUT2D eigenvalue weighted by Crippen LogP contribution is -2.47. The van der Waals surface area contributed by atoms with Gasteiger partial charge in [0.2, 0.25) is 0 Å². The van der Waals surface area contributed by atoms with Crippen molar-refractivity contribution in [3.05, 3.63) is 47.3 Å². The summed E-state index contributed by atoms with van der Waals surface area (Å²) in [5.74, 6) is -1.04. The smallest absolute Gasteiger partial charge is 0.358 e. The first-order valence-electron chi connectivity index (χ1n) is 6.55. The summed E-state index contributed by atoms with van der Waals surface area (Å²) in [6.45, 7) is 4.73. The Morgan fingerprint density at radius 1 is 1.35 bits per heavy atom. The van der Waals surface area contributed by atoms with Gasteiger partial charge < -0.3 is 5.11 Å². The van der Waals surface area contributed by atoms with Crippen LogP contribution in [-0.2, 0) is 6.54 Å². The molecule has 0 unspecified atom stereocenters. The maximum absolute atomic E-state index is 10.7. The molecule has 1 N–H and O–H groups in total. The van der Waals surface area contributed by atoms with Crippen LogP contribution in [0.3, 0.4) is 0 Å². The fourth-order valence-corrected chi connectivity index (χ4v) is 2.34. The Hall–Kier alpha value is -2.21. The van der Waals surface area contributed by atoms with Gasteiger partial charge in [-0.1, -0.05) is 35.0 Å². The van der Waals surface area contributed by atoms with E-state index in [4.69, 9.17) is 5.11 Å². The molecule has 1 aliphatic heterocycles. The van der Waals surface area contributed by atoms with Gasteiger partial charge in [0.05, 0.1) is 12.2 Å². The molecule has 6 heteroatoms. The largest absolute Gasteiger partial charge is 0.476 e. The number of aromatic nitrogens is 3. The zero-order chi connectivity index (χ0) is 14.1. The number of carboxylic acids is 1. The lowest BCUT2D eigenvalue weighted by atomic mass is 10.1. The van der Waals surface area contributed by atoms with E-state index in [2.05, 4.69) is 46.4 Å². The summed E-state index contributed by atoms with van der Waals surface area (Å²) in [5.41, 5.74) is 2.56. The maximum atomic E-state index is 10.7. The molecule has 3 rings (SSSR count). The first-order valence-corrected chi connectivity index (χ1v) is 6.55. The van der Waals surface area contributed by atoms with Crippen LogP contribution in [0.4, 0.5) is 0 Å². The molecule has 2 aromatic rings. The Morgan fingerprint density at radius 3 is 2.65 bits per heavy atom. The molecule has 1 aromatic carbocycles. The fourth-order valence-electron chi connectivity index (χ4n) is 2.34. The van der Waals surface area contributed by atoms with Gasteiger partial charge in [-0.25, -0.2) is 9.48 Å². The zero-order valence-electron chi connectivity index (χ0n) is 11.2. The number of carboxylic acid groups (broad SMARTS) is 1. The van der Waals surface area contributed by atoms with Crippen LogP contribution >= 0.6 is 0 Å². The molecule has 0 atom stereocenters. The lowest BCUT2D eigenvalue weighted by molar-refractivity contribution is 0.0690. The summed E-state index contributed by atoms with van der Waals surface area (Å²) in [4.78, 5) is 13.1. The van der Waals surface area contributed by atoms with Crippen molar-refractivity contribution in [2.24, 2.45) is 0 Å². The van der Waals surface area contributed by atoms with Crippen LogP contribution in [-0.4, -0.2) is 44.1 Å². The van der Waals surface area contributed by atoms with Crippen LogP contribution in [0.2, 0.25) is 0 Å². The van der Waals surface area contributed by atoms with Crippen LogP contribution in [0.5, 0.6) is 0 Å². The Labute approximate surface area is 116 Å². The molecule has 2 heterocycles. The molecule has 0 bridgehead atoms. The highest BCUT2D eigenvalue weighted by molar-refractivity contribution is 5.84. The molecule has 1 fully saturated rings. The van der Waals surface area contributed by atoms with Crippen molar-refractivity contribution in [2.75, 3.05) is 13.1 Å². The van der Waals surface area contributed by atoms with Gasteiger partial charge in [-0.2, -0.15) is 0 Å². The van der Waals surface area contributed by atoms with Gasteiger partial charge in [-0.15, -0.1) is 5.10 Å². The van der Waals surface area contributed by atoms with Gasteiger partial charge in [0.1, 0.15) is 0 Å². The first kappa shape index (κ1) is 12.8. The Balaban J connectivity index is 1.55. The van der Waals surface area contributed by atoms with E-state index in [1.807, 2.05) is 0 Å².